The molecule has 10 heteroatoms. The Kier molecular flexibility index (Phi) is 5.75. The molecule has 2 heterocycles. The van der Waals surface area contributed by atoms with E-state index in [1.165, 1.54) is 23.6 Å². The number of fused-ring (bicyclic) bond motifs is 1. The van der Waals surface area contributed by atoms with E-state index in [0.717, 1.165) is 25.0 Å². The second kappa shape index (κ2) is 7.81. The molecule has 1 aliphatic rings. The van der Waals surface area contributed by atoms with Crippen molar-refractivity contribution in [1.29, 1.82) is 0 Å². The summed E-state index contributed by atoms with van der Waals surface area (Å²) in [5.41, 5.74) is -1.45. The van der Waals surface area contributed by atoms with Crippen LogP contribution in [0.25, 0.3) is 5.65 Å². The molecule has 1 saturated carbocycles. The van der Waals surface area contributed by atoms with Gasteiger partial charge in [-0.2, -0.15) is 26.7 Å². The molecular formula is C19H18F5N3OS. The van der Waals surface area contributed by atoms with Crippen molar-refractivity contribution in [2.45, 2.75) is 38.5 Å². The van der Waals surface area contributed by atoms with Crippen molar-refractivity contribution < 1.29 is 26.7 Å². The van der Waals surface area contributed by atoms with Gasteiger partial charge >= 0.3 is 6.18 Å². The van der Waals surface area contributed by atoms with Crippen molar-refractivity contribution >= 4 is 19.1 Å². The van der Waals surface area contributed by atoms with E-state index in [-0.39, 0.29) is 30.5 Å². The average molecular weight is 431 g/mol. The van der Waals surface area contributed by atoms with Gasteiger partial charge in [0.25, 0.3) is 0 Å². The molecule has 0 amide bonds. The topological polar surface area (TPSA) is 39.4 Å². The first-order chi connectivity index (χ1) is 13.2. The summed E-state index contributed by atoms with van der Waals surface area (Å²) in [5.74, 6) is -1.04. The molecule has 3 aromatic rings. The van der Waals surface area contributed by atoms with Crippen molar-refractivity contribution in [1.82, 2.24) is 14.6 Å². The third kappa shape index (κ3) is 4.47. The van der Waals surface area contributed by atoms with Gasteiger partial charge in [-0.05, 0) is 31.7 Å². The van der Waals surface area contributed by atoms with E-state index in [2.05, 4.69) is 10.2 Å². The third-order valence-electron chi connectivity index (χ3n) is 4.72. The van der Waals surface area contributed by atoms with Gasteiger partial charge in [0.05, 0.1) is 0 Å². The fraction of sp³-hybridized carbons (Fsp3) is 0.368. The first-order valence-electron chi connectivity index (χ1n) is 8.79. The number of rotatable bonds is 5. The van der Waals surface area contributed by atoms with Crippen molar-refractivity contribution in [2.24, 2.45) is 5.92 Å². The first-order valence-corrected chi connectivity index (χ1v) is 8.79. The molecule has 0 N–H and O–H groups in total. The van der Waals surface area contributed by atoms with Crippen LogP contribution in [0.5, 0.6) is 5.75 Å². The minimum atomic E-state index is -4.70. The summed E-state index contributed by atoms with van der Waals surface area (Å²) in [7, 11) is 0. The number of benzene rings is 1. The summed E-state index contributed by atoms with van der Waals surface area (Å²) in [6, 6.07) is 3.77. The lowest BCUT2D eigenvalue weighted by Crippen LogP contribution is -2.16. The van der Waals surface area contributed by atoms with Crippen LogP contribution < -0.4 is 4.74 Å². The van der Waals surface area contributed by atoms with E-state index < -0.39 is 29.5 Å². The molecule has 0 unspecified atom stereocenters. The van der Waals surface area contributed by atoms with Crippen molar-refractivity contribution in [3.8, 4) is 5.75 Å². The van der Waals surface area contributed by atoms with Gasteiger partial charge < -0.3 is 4.74 Å². The van der Waals surface area contributed by atoms with Gasteiger partial charge in [-0.3, -0.25) is 4.40 Å². The number of alkyl halides is 3. The second-order valence-corrected chi connectivity index (χ2v) is 6.97. The van der Waals surface area contributed by atoms with Gasteiger partial charge in [0, 0.05) is 36.4 Å². The molecular weight excluding hydrogens is 413 g/mol. The van der Waals surface area contributed by atoms with E-state index in [0.29, 0.717) is 24.2 Å². The predicted octanol–water partition coefficient (Wildman–Crippen LogP) is 5.23. The van der Waals surface area contributed by atoms with Gasteiger partial charge in [0.1, 0.15) is 34.9 Å². The summed E-state index contributed by atoms with van der Waals surface area (Å²) in [4.78, 5) is 0. The Morgan fingerprint density at radius 2 is 1.79 bits per heavy atom. The summed E-state index contributed by atoms with van der Waals surface area (Å²) in [6.07, 6.45) is -1.70. The molecule has 1 atom stereocenters. The largest absolute Gasteiger partial charge is 0.486 e. The van der Waals surface area contributed by atoms with Gasteiger partial charge in [-0.25, -0.2) is 8.78 Å². The summed E-state index contributed by atoms with van der Waals surface area (Å²) >= 11 is 0. The molecule has 4 nitrogen and oxygen atoms in total. The summed E-state index contributed by atoms with van der Waals surface area (Å²) < 4.78 is 74.9. The Morgan fingerprint density at radius 1 is 1.14 bits per heavy atom. The van der Waals surface area contributed by atoms with Crippen molar-refractivity contribution in [3.05, 3.63) is 59.0 Å². The van der Waals surface area contributed by atoms with Crippen LogP contribution in [0, 0.1) is 17.6 Å². The fourth-order valence-electron chi connectivity index (χ4n) is 3.23. The molecule has 2 aromatic heterocycles. The Morgan fingerprint density at radius 3 is 2.38 bits per heavy atom. The van der Waals surface area contributed by atoms with Crippen LogP contribution in [-0.2, 0) is 12.6 Å². The zero-order chi connectivity index (χ0) is 20.1. The van der Waals surface area contributed by atoms with Crippen LogP contribution in [0.4, 0.5) is 22.0 Å². The van der Waals surface area contributed by atoms with Crippen LogP contribution in [-0.4, -0.2) is 14.6 Å². The quantitative estimate of drug-likeness (QED) is 0.520. The van der Waals surface area contributed by atoms with Gasteiger partial charge in [0.2, 0.25) is 0 Å². The Hall–Kier alpha value is -2.36. The summed E-state index contributed by atoms with van der Waals surface area (Å²) in [6.45, 7) is 1.38. The van der Waals surface area contributed by atoms with E-state index in [4.69, 9.17) is 4.74 Å². The molecule has 1 fully saturated rings. The minimum absolute atomic E-state index is 0. The average Bonchev–Trinajstić information content (AvgIpc) is 3.31. The van der Waals surface area contributed by atoms with E-state index in [9.17, 15) is 22.0 Å². The SMILES string of the molecule is C[C@H](Oc1cc(F)cc(F)c1)c1ccn2c(CC3CC3)nnc2c1C(F)(F)F.S. The van der Waals surface area contributed by atoms with Crippen LogP contribution in [0.3, 0.4) is 0 Å². The predicted molar refractivity (Wildman–Crippen MR) is 100 cm³/mol. The number of aromatic nitrogens is 3. The maximum atomic E-state index is 13.8. The smallest absolute Gasteiger partial charge is 0.420 e. The Balaban J connectivity index is 0.00000240. The van der Waals surface area contributed by atoms with Crippen LogP contribution in [0.2, 0.25) is 0 Å². The molecule has 156 valence electrons. The number of ether oxygens (including phenoxy) is 1. The first kappa shape index (κ1) is 21.4. The standard InChI is InChI=1S/C19H16F5N3O.H2S/c1-10(28-14-8-12(20)7-13(21)9-14)15-4-5-27-16(6-11-2-3-11)25-26-18(27)17(15)19(22,23)24;/h4-5,7-11H,2-3,6H2,1H3;1H2/t10-;/m0./s1. The zero-order valence-electron chi connectivity index (χ0n) is 15.3. The third-order valence-corrected chi connectivity index (χ3v) is 4.72. The van der Waals surface area contributed by atoms with E-state index in [1.54, 1.807) is 0 Å². The second-order valence-electron chi connectivity index (χ2n) is 6.97. The van der Waals surface area contributed by atoms with E-state index in [1.807, 2.05) is 0 Å². The zero-order valence-corrected chi connectivity index (χ0v) is 16.3. The lowest BCUT2D eigenvalue weighted by molar-refractivity contribution is -0.138. The highest BCUT2D eigenvalue weighted by atomic mass is 32.1. The molecule has 0 spiro atoms. The minimum Gasteiger partial charge on any atom is -0.486 e. The number of hydrogen-bond acceptors (Lipinski definition) is 3. The highest BCUT2D eigenvalue weighted by molar-refractivity contribution is 7.59. The normalized spacial score (nSPS) is 15.2. The van der Waals surface area contributed by atoms with Crippen LogP contribution >= 0.6 is 13.5 Å². The molecule has 0 aliphatic heterocycles. The van der Waals surface area contributed by atoms with Gasteiger partial charge in [-0.1, -0.05) is 0 Å². The lowest BCUT2D eigenvalue weighted by atomic mass is 10.0. The van der Waals surface area contributed by atoms with Gasteiger partial charge in [0.15, 0.2) is 5.65 Å². The molecule has 1 aliphatic carbocycles. The number of halogens is 5. The number of pyridine rings is 1. The highest BCUT2D eigenvalue weighted by Crippen LogP contribution is 2.39. The summed E-state index contributed by atoms with van der Waals surface area (Å²) in [5, 5.41) is 7.69. The monoisotopic (exact) mass is 431 g/mol. The number of nitrogens with zero attached hydrogens (tertiary/aromatic N) is 3. The molecule has 0 bridgehead atoms. The molecule has 1 aromatic carbocycles. The van der Waals surface area contributed by atoms with Crippen LogP contribution in [0.15, 0.2) is 30.5 Å². The lowest BCUT2D eigenvalue weighted by Gasteiger charge is -2.20. The molecule has 29 heavy (non-hydrogen) atoms. The highest BCUT2D eigenvalue weighted by Gasteiger charge is 2.39. The maximum absolute atomic E-state index is 13.8. The van der Waals surface area contributed by atoms with Gasteiger partial charge in [-0.15, -0.1) is 10.2 Å². The van der Waals surface area contributed by atoms with Crippen molar-refractivity contribution in [3.63, 3.8) is 0 Å². The molecule has 0 radical (unpaired) electrons. The molecule has 4 rings (SSSR count). The fourth-order valence-corrected chi connectivity index (χ4v) is 3.23. The number of hydrogen-bond donors (Lipinski definition) is 0. The Bertz CT molecular complexity index is 1010. The Labute approximate surface area is 170 Å². The maximum Gasteiger partial charge on any atom is 0.420 e. The van der Waals surface area contributed by atoms with Crippen molar-refractivity contribution in [2.75, 3.05) is 0 Å². The molecule has 0 saturated heterocycles. The van der Waals surface area contributed by atoms with Crippen LogP contribution in [0.1, 0.15) is 42.8 Å². The van der Waals surface area contributed by atoms with E-state index >= 15 is 0 Å².